The molecule has 0 saturated carbocycles. The Morgan fingerprint density at radius 3 is 2.90 bits per heavy atom. The SMILES string of the molecule is NNC(=O)c1ccoc1Cn1ccc(=O)c([N+](=O)[O-])c1. The first kappa shape index (κ1) is 13.5. The second-order valence-corrected chi connectivity index (χ2v) is 3.85. The maximum absolute atomic E-state index is 11.5. The van der Waals surface area contributed by atoms with Gasteiger partial charge in [0.05, 0.1) is 29.5 Å². The van der Waals surface area contributed by atoms with Crippen LogP contribution in [-0.4, -0.2) is 15.4 Å². The van der Waals surface area contributed by atoms with Crippen molar-refractivity contribution in [2.75, 3.05) is 0 Å². The van der Waals surface area contributed by atoms with Crippen molar-refractivity contribution in [2.24, 2.45) is 5.84 Å². The summed E-state index contributed by atoms with van der Waals surface area (Å²) in [4.78, 5) is 32.6. The van der Waals surface area contributed by atoms with Crippen molar-refractivity contribution in [3.05, 3.63) is 62.5 Å². The molecule has 0 atom stereocenters. The van der Waals surface area contributed by atoms with Crippen LogP contribution >= 0.6 is 0 Å². The van der Waals surface area contributed by atoms with Crippen molar-refractivity contribution in [1.29, 1.82) is 0 Å². The molecule has 9 nitrogen and oxygen atoms in total. The molecule has 0 fully saturated rings. The standard InChI is InChI=1S/C11H10N4O5/c12-13-11(17)7-2-4-20-10(7)6-14-3-1-9(16)8(5-14)15(18)19/h1-5H,6,12H2,(H,13,17). The zero-order chi connectivity index (χ0) is 14.7. The second-order valence-electron chi connectivity index (χ2n) is 3.85. The maximum Gasteiger partial charge on any atom is 0.332 e. The molecule has 0 unspecified atom stereocenters. The highest BCUT2D eigenvalue weighted by Crippen LogP contribution is 2.13. The van der Waals surface area contributed by atoms with E-state index in [1.54, 1.807) is 0 Å². The Morgan fingerprint density at radius 1 is 1.50 bits per heavy atom. The lowest BCUT2D eigenvalue weighted by Crippen LogP contribution is -2.30. The summed E-state index contributed by atoms with van der Waals surface area (Å²) in [5.74, 6) is 4.76. The van der Waals surface area contributed by atoms with Gasteiger partial charge >= 0.3 is 5.69 Å². The molecule has 0 aromatic carbocycles. The Bertz CT molecular complexity index is 718. The van der Waals surface area contributed by atoms with Crippen molar-refractivity contribution in [3.8, 4) is 0 Å². The van der Waals surface area contributed by atoms with Gasteiger partial charge in [-0.15, -0.1) is 0 Å². The number of nitrogens with one attached hydrogen (secondary N) is 1. The number of amides is 1. The van der Waals surface area contributed by atoms with Gasteiger partial charge in [-0.3, -0.25) is 25.1 Å². The number of nitrogen functional groups attached to an aromatic ring is 1. The van der Waals surface area contributed by atoms with E-state index in [-0.39, 0.29) is 17.9 Å². The van der Waals surface area contributed by atoms with Gasteiger partial charge in [-0.2, -0.15) is 0 Å². The average Bonchev–Trinajstić information content (AvgIpc) is 2.88. The van der Waals surface area contributed by atoms with Crippen LogP contribution in [0.3, 0.4) is 0 Å². The smallest absolute Gasteiger partial charge is 0.332 e. The summed E-state index contributed by atoms with van der Waals surface area (Å²) in [6, 6.07) is 2.50. The Kier molecular flexibility index (Phi) is 3.62. The third-order valence-corrected chi connectivity index (χ3v) is 2.60. The summed E-state index contributed by atoms with van der Waals surface area (Å²) in [5, 5.41) is 10.7. The molecule has 20 heavy (non-hydrogen) atoms. The lowest BCUT2D eigenvalue weighted by atomic mass is 10.2. The van der Waals surface area contributed by atoms with E-state index in [0.29, 0.717) is 0 Å². The monoisotopic (exact) mass is 278 g/mol. The van der Waals surface area contributed by atoms with Gasteiger partial charge in [0.25, 0.3) is 11.3 Å². The molecule has 9 heteroatoms. The zero-order valence-electron chi connectivity index (χ0n) is 10.1. The van der Waals surface area contributed by atoms with Crippen LogP contribution in [0.1, 0.15) is 16.1 Å². The molecule has 2 rings (SSSR count). The van der Waals surface area contributed by atoms with E-state index in [1.165, 1.54) is 23.1 Å². The number of carbonyl (C=O) groups excluding carboxylic acids is 1. The predicted molar refractivity (Wildman–Crippen MR) is 66.8 cm³/mol. The van der Waals surface area contributed by atoms with Crippen LogP contribution in [0.5, 0.6) is 0 Å². The number of furan rings is 1. The molecule has 0 aliphatic rings. The van der Waals surface area contributed by atoms with E-state index in [1.807, 2.05) is 5.43 Å². The van der Waals surface area contributed by atoms with Crippen molar-refractivity contribution in [3.63, 3.8) is 0 Å². The number of nitro groups is 1. The van der Waals surface area contributed by atoms with Gasteiger partial charge < -0.3 is 8.98 Å². The Hall–Kier alpha value is -2.94. The molecule has 0 spiro atoms. The Morgan fingerprint density at radius 2 is 2.25 bits per heavy atom. The van der Waals surface area contributed by atoms with Gasteiger partial charge in [-0.25, -0.2) is 5.84 Å². The van der Waals surface area contributed by atoms with Crippen LogP contribution < -0.4 is 16.7 Å². The molecule has 1 amide bonds. The van der Waals surface area contributed by atoms with Crippen LogP contribution in [0.15, 0.2) is 40.0 Å². The van der Waals surface area contributed by atoms with E-state index in [9.17, 15) is 19.7 Å². The minimum Gasteiger partial charge on any atom is -0.467 e. The lowest BCUT2D eigenvalue weighted by molar-refractivity contribution is -0.386. The van der Waals surface area contributed by atoms with Gasteiger partial charge in [0.2, 0.25) is 0 Å². The van der Waals surface area contributed by atoms with Gasteiger partial charge in [0, 0.05) is 12.3 Å². The molecular weight excluding hydrogens is 268 g/mol. The number of aromatic nitrogens is 1. The Balaban J connectivity index is 2.34. The first-order valence-corrected chi connectivity index (χ1v) is 5.44. The molecule has 3 N–H and O–H groups in total. The first-order chi connectivity index (χ1) is 9.52. The van der Waals surface area contributed by atoms with Crippen LogP contribution in [0.2, 0.25) is 0 Å². The fourth-order valence-corrected chi connectivity index (χ4v) is 1.66. The molecular formula is C11H10N4O5. The third kappa shape index (κ3) is 2.57. The number of nitrogens with zero attached hydrogens (tertiary/aromatic N) is 2. The molecule has 0 bridgehead atoms. The van der Waals surface area contributed by atoms with Crippen LogP contribution in [-0.2, 0) is 6.54 Å². The fraction of sp³-hybridized carbons (Fsp3) is 0.0909. The number of hydrazine groups is 1. The first-order valence-electron chi connectivity index (χ1n) is 5.44. The van der Waals surface area contributed by atoms with Crippen LogP contribution in [0.4, 0.5) is 5.69 Å². The van der Waals surface area contributed by atoms with Gasteiger partial charge in [-0.1, -0.05) is 0 Å². The summed E-state index contributed by atoms with van der Waals surface area (Å²) in [6.45, 7) is 0.0525. The highest BCUT2D eigenvalue weighted by atomic mass is 16.6. The number of carbonyl (C=O) groups is 1. The highest BCUT2D eigenvalue weighted by molar-refractivity contribution is 5.94. The fourth-order valence-electron chi connectivity index (χ4n) is 1.66. The van der Waals surface area contributed by atoms with Gasteiger partial charge in [0.15, 0.2) is 0 Å². The van der Waals surface area contributed by atoms with Gasteiger partial charge in [-0.05, 0) is 6.07 Å². The molecule has 2 aromatic heterocycles. The van der Waals surface area contributed by atoms with E-state index >= 15 is 0 Å². The number of rotatable bonds is 4. The summed E-state index contributed by atoms with van der Waals surface area (Å²) >= 11 is 0. The number of nitrogens with two attached hydrogens (primary N) is 1. The van der Waals surface area contributed by atoms with Crippen molar-refractivity contribution in [1.82, 2.24) is 9.99 Å². The molecule has 2 aromatic rings. The minimum atomic E-state index is -0.769. The number of hydrogen-bond acceptors (Lipinski definition) is 6. The molecule has 0 saturated heterocycles. The lowest BCUT2D eigenvalue weighted by Gasteiger charge is -2.05. The van der Waals surface area contributed by atoms with E-state index in [0.717, 1.165) is 12.3 Å². The number of hydrogen-bond donors (Lipinski definition) is 2. The second kappa shape index (κ2) is 5.36. The van der Waals surface area contributed by atoms with E-state index in [2.05, 4.69) is 0 Å². The summed E-state index contributed by atoms with van der Waals surface area (Å²) in [5.41, 5.74) is 0.941. The predicted octanol–water partition coefficient (Wildman–Crippen LogP) is 0.00130. The van der Waals surface area contributed by atoms with Gasteiger partial charge in [0.1, 0.15) is 5.76 Å². The zero-order valence-corrected chi connectivity index (χ0v) is 10.1. The molecule has 2 heterocycles. The third-order valence-electron chi connectivity index (χ3n) is 2.60. The van der Waals surface area contributed by atoms with E-state index < -0.39 is 21.9 Å². The highest BCUT2D eigenvalue weighted by Gasteiger charge is 2.16. The van der Waals surface area contributed by atoms with Crippen LogP contribution in [0.25, 0.3) is 0 Å². The van der Waals surface area contributed by atoms with Crippen molar-refractivity contribution in [2.45, 2.75) is 6.54 Å². The van der Waals surface area contributed by atoms with Crippen LogP contribution in [0, 0.1) is 10.1 Å². The molecule has 104 valence electrons. The molecule has 0 aliphatic carbocycles. The van der Waals surface area contributed by atoms with Crippen molar-refractivity contribution >= 4 is 11.6 Å². The summed E-state index contributed by atoms with van der Waals surface area (Å²) < 4.78 is 6.50. The summed E-state index contributed by atoms with van der Waals surface area (Å²) in [7, 11) is 0. The minimum absolute atomic E-state index is 0.0525. The topological polar surface area (TPSA) is 133 Å². The normalized spacial score (nSPS) is 10.2. The molecule has 0 radical (unpaired) electrons. The number of pyridine rings is 1. The van der Waals surface area contributed by atoms with Crippen molar-refractivity contribution < 1.29 is 14.1 Å². The maximum atomic E-state index is 11.5. The largest absolute Gasteiger partial charge is 0.467 e. The Labute approximate surface area is 111 Å². The summed E-state index contributed by atoms with van der Waals surface area (Å²) in [6.07, 6.45) is 3.74. The average molecular weight is 278 g/mol. The quantitative estimate of drug-likeness (QED) is 0.350. The molecule has 0 aliphatic heterocycles. The van der Waals surface area contributed by atoms with E-state index in [4.69, 9.17) is 10.3 Å².